The first-order valence-corrected chi connectivity index (χ1v) is 6.09. The second-order valence-corrected chi connectivity index (χ2v) is 4.65. The van der Waals surface area contributed by atoms with E-state index in [1.807, 2.05) is 0 Å². The lowest BCUT2D eigenvalue weighted by atomic mass is 9.79. The van der Waals surface area contributed by atoms with Gasteiger partial charge in [-0.25, -0.2) is 4.39 Å². The molecule has 0 N–H and O–H groups in total. The molecule has 1 fully saturated rings. The number of methoxy groups -OCH3 is 1. The Morgan fingerprint density at radius 3 is 2.45 bits per heavy atom. The van der Waals surface area contributed by atoms with Gasteiger partial charge in [0.25, 0.3) is 0 Å². The van der Waals surface area contributed by atoms with Gasteiger partial charge in [0.15, 0.2) is 0 Å². The summed E-state index contributed by atoms with van der Waals surface area (Å²) in [6, 6.07) is 5.41. The number of imide groups is 1. The van der Waals surface area contributed by atoms with E-state index in [1.165, 1.54) is 38.4 Å². The maximum atomic E-state index is 13.0. The quantitative estimate of drug-likeness (QED) is 0.462. The Bertz CT molecular complexity index is 555. The third-order valence-corrected chi connectivity index (χ3v) is 3.52. The highest BCUT2D eigenvalue weighted by molar-refractivity contribution is 6.08. The summed E-state index contributed by atoms with van der Waals surface area (Å²) in [6.45, 7) is 0. The molecule has 0 saturated carbocycles. The van der Waals surface area contributed by atoms with Crippen LogP contribution in [0.5, 0.6) is 0 Å². The predicted molar refractivity (Wildman–Crippen MR) is 67.0 cm³/mol. The van der Waals surface area contributed by atoms with Gasteiger partial charge in [0.05, 0.1) is 7.11 Å². The van der Waals surface area contributed by atoms with Crippen LogP contribution in [0.25, 0.3) is 0 Å². The van der Waals surface area contributed by atoms with Gasteiger partial charge < -0.3 is 4.74 Å². The van der Waals surface area contributed by atoms with Gasteiger partial charge in [-0.1, -0.05) is 12.1 Å². The van der Waals surface area contributed by atoms with Gasteiger partial charge in [0.1, 0.15) is 11.7 Å². The number of benzene rings is 1. The number of hydrogen-bond donors (Lipinski definition) is 0. The zero-order valence-corrected chi connectivity index (χ0v) is 11.1. The van der Waals surface area contributed by atoms with Crippen molar-refractivity contribution in [3.05, 3.63) is 35.6 Å². The average Bonchev–Trinajstić information content (AvgIpc) is 2.44. The van der Waals surface area contributed by atoms with Gasteiger partial charge in [-0.05, 0) is 17.7 Å². The molecule has 2 unspecified atom stereocenters. The van der Waals surface area contributed by atoms with Crippen LogP contribution in [0.15, 0.2) is 24.3 Å². The summed E-state index contributed by atoms with van der Waals surface area (Å²) in [6.07, 6.45) is 0.00758. The Morgan fingerprint density at radius 1 is 1.30 bits per heavy atom. The number of piperidine rings is 1. The molecule has 2 atom stereocenters. The molecular formula is C14H14FNO4. The molecule has 0 aliphatic carbocycles. The van der Waals surface area contributed by atoms with E-state index in [1.54, 1.807) is 0 Å². The third-order valence-electron chi connectivity index (χ3n) is 3.52. The maximum Gasteiger partial charge on any atom is 0.318 e. The molecule has 1 aromatic carbocycles. The van der Waals surface area contributed by atoms with Crippen molar-refractivity contribution in [3.8, 4) is 0 Å². The number of halogens is 1. The monoisotopic (exact) mass is 279 g/mol. The van der Waals surface area contributed by atoms with E-state index < -0.39 is 29.5 Å². The Kier molecular flexibility index (Phi) is 3.83. The van der Waals surface area contributed by atoms with E-state index in [0.717, 1.165) is 4.90 Å². The second-order valence-electron chi connectivity index (χ2n) is 4.65. The number of carbonyl (C=O) groups excluding carboxylic acids is 3. The van der Waals surface area contributed by atoms with Gasteiger partial charge in [0, 0.05) is 19.4 Å². The summed E-state index contributed by atoms with van der Waals surface area (Å²) in [4.78, 5) is 36.7. The number of ether oxygens (including phenoxy) is 1. The van der Waals surface area contributed by atoms with Crippen molar-refractivity contribution < 1.29 is 23.5 Å². The van der Waals surface area contributed by atoms with Crippen LogP contribution in [0.4, 0.5) is 4.39 Å². The van der Waals surface area contributed by atoms with Gasteiger partial charge >= 0.3 is 5.97 Å². The molecule has 106 valence electrons. The van der Waals surface area contributed by atoms with E-state index in [2.05, 4.69) is 4.74 Å². The average molecular weight is 279 g/mol. The van der Waals surface area contributed by atoms with Crippen molar-refractivity contribution in [2.75, 3.05) is 14.2 Å². The molecule has 1 saturated heterocycles. The number of carbonyl (C=O) groups is 3. The molecule has 2 amide bonds. The number of rotatable bonds is 2. The van der Waals surface area contributed by atoms with Gasteiger partial charge in [-0.2, -0.15) is 0 Å². The van der Waals surface area contributed by atoms with Crippen LogP contribution in [-0.2, 0) is 19.1 Å². The first-order valence-electron chi connectivity index (χ1n) is 6.09. The summed E-state index contributed by atoms with van der Waals surface area (Å²) in [5.41, 5.74) is 0.566. The lowest BCUT2D eigenvalue weighted by Crippen LogP contribution is -2.49. The Morgan fingerprint density at radius 2 is 1.90 bits per heavy atom. The fraction of sp³-hybridized carbons (Fsp3) is 0.357. The standard InChI is InChI=1S/C14H14FNO4/c1-16-11(17)7-10(8-3-5-9(15)6-4-8)12(13(16)18)14(19)20-2/h3-6,10,12H,7H2,1-2H3. The smallest absolute Gasteiger partial charge is 0.318 e. The van der Waals surface area contributed by atoms with Crippen molar-refractivity contribution in [2.45, 2.75) is 12.3 Å². The van der Waals surface area contributed by atoms with Crippen LogP contribution >= 0.6 is 0 Å². The largest absolute Gasteiger partial charge is 0.468 e. The molecule has 0 spiro atoms. The highest BCUT2D eigenvalue weighted by atomic mass is 19.1. The fourth-order valence-corrected chi connectivity index (χ4v) is 2.36. The molecule has 1 aliphatic rings. The molecular weight excluding hydrogens is 265 g/mol. The van der Waals surface area contributed by atoms with E-state index >= 15 is 0 Å². The predicted octanol–water partition coefficient (Wildman–Crippen LogP) is 1.09. The molecule has 0 radical (unpaired) electrons. The third kappa shape index (κ3) is 2.41. The minimum atomic E-state index is -1.08. The minimum absolute atomic E-state index is 0.00758. The van der Waals surface area contributed by atoms with Crippen molar-refractivity contribution in [1.82, 2.24) is 4.90 Å². The highest BCUT2D eigenvalue weighted by Gasteiger charge is 2.45. The molecule has 0 aromatic heterocycles. The van der Waals surface area contributed by atoms with Crippen molar-refractivity contribution in [1.29, 1.82) is 0 Å². The molecule has 1 aromatic rings. The summed E-state index contributed by atoms with van der Waals surface area (Å²) < 4.78 is 17.6. The second kappa shape index (κ2) is 5.40. The van der Waals surface area contributed by atoms with E-state index in [-0.39, 0.29) is 12.3 Å². The van der Waals surface area contributed by atoms with Crippen LogP contribution in [0.2, 0.25) is 0 Å². The van der Waals surface area contributed by atoms with Crippen molar-refractivity contribution in [2.24, 2.45) is 5.92 Å². The molecule has 1 heterocycles. The Balaban J connectivity index is 2.41. The zero-order chi connectivity index (χ0) is 14.9. The summed E-state index contributed by atoms with van der Waals surface area (Å²) in [5, 5.41) is 0. The van der Waals surface area contributed by atoms with Crippen LogP contribution in [0.3, 0.4) is 0 Å². The summed E-state index contributed by atoms with van der Waals surface area (Å²) >= 11 is 0. The van der Waals surface area contributed by atoms with E-state index in [4.69, 9.17) is 0 Å². The fourth-order valence-electron chi connectivity index (χ4n) is 2.36. The van der Waals surface area contributed by atoms with E-state index in [9.17, 15) is 18.8 Å². The van der Waals surface area contributed by atoms with Crippen LogP contribution < -0.4 is 0 Å². The Labute approximate surface area is 115 Å². The zero-order valence-electron chi connectivity index (χ0n) is 11.1. The van der Waals surface area contributed by atoms with Crippen LogP contribution in [0, 0.1) is 11.7 Å². The summed E-state index contributed by atoms with van der Waals surface area (Å²) in [5.74, 6) is -3.78. The SMILES string of the molecule is COC(=O)C1C(=O)N(C)C(=O)CC1c1ccc(F)cc1. The number of esters is 1. The van der Waals surface area contributed by atoms with Crippen LogP contribution in [-0.4, -0.2) is 36.8 Å². The van der Waals surface area contributed by atoms with Crippen LogP contribution in [0.1, 0.15) is 17.9 Å². The number of likely N-dealkylation sites (tertiary alicyclic amines) is 1. The topological polar surface area (TPSA) is 63.7 Å². The van der Waals surface area contributed by atoms with E-state index in [0.29, 0.717) is 5.56 Å². The molecule has 2 rings (SSSR count). The maximum absolute atomic E-state index is 13.0. The van der Waals surface area contributed by atoms with Gasteiger partial charge in [-0.3, -0.25) is 19.3 Å². The molecule has 0 bridgehead atoms. The Hall–Kier alpha value is -2.24. The minimum Gasteiger partial charge on any atom is -0.468 e. The first kappa shape index (κ1) is 14.2. The lowest BCUT2D eigenvalue weighted by Gasteiger charge is -2.33. The summed E-state index contributed by atoms with van der Waals surface area (Å²) in [7, 11) is 2.52. The molecule has 1 aliphatic heterocycles. The first-order chi connectivity index (χ1) is 9.45. The van der Waals surface area contributed by atoms with Gasteiger partial charge in [0.2, 0.25) is 11.8 Å². The molecule has 20 heavy (non-hydrogen) atoms. The highest BCUT2D eigenvalue weighted by Crippen LogP contribution is 2.34. The molecule has 5 nitrogen and oxygen atoms in total. The number of hydrogen-bond acceptors (Lipinski definition) is 4. The molecule has 6 heteroatoms. The van der Waals surface area contributed by atoms with Crippen molar-refractivity contribution >= 4 is 17.8 Å². The number of amides is 2. The number of nitrogens with zero attached hydrogens (tertiary/aromatic N) is 1. The van der Waals surface area contributed by atoms with Gasteiger partial charge in [-0.15, -0.1) is 0 Å². The normalized spacial score (nSPS) is 22.9. The lowest BCUT2D eigenvalue weighted by molar-refractivity contribution is -0.160. The van der Waals surface area contributed by atoms with Crippen molar-refractivity contribution in [3.63, 3.8) is 0 Å².